The number of nitrogens with one attached hydrogen (secondary N) is 3. The van der Waals surface area contributed by atoms with Crippen LogP contribution in [0, 0.1) is 0 Å². The molecule has 6 rings (SSSR count). The molecule has 9 heteroatoms. The number of amides is 1. The fourth-order valence-corrected chi connectivity index (χ4v) is 7.67. The Bertz CT molecular complexity index is 1470. The van der Waals surface area contributed by atoms with Gasteiger partial charge in [-0.1, -0.05) is 63.1 Å². The molecule has 3 N–H and O–H groups in total. The number of carbonyl (C=O) groups excluding carboxylic acids is 1. The van der Waals surface area contributed by atoms with Crippen molar-refractivity contribution in [1.29, 1.82) is 0 Å². The molecule has 1 amide bonds. The maximum Gasteiger partial charge on any atom is 0.267 e. The molecule has 3 aromatic rings. The van der Waals surface area contributed by atoms with Crippen LogP contribution in [0.25, 0.3) is 0 Å². The van der Waals surface area contributed by atoms with Crippen molar-refractivity contribution in [2.45, 2.75) is 92.6 Å². The number of aromatic nitrogens is 1. The van der Waals surface area contributed by atoms with E-state index in [0.717, 1.165) is 18.5 Å². The fourth-order valence-electron chi connectivity index (χ4n) is 6.26. The second-order valence-electron chi connectivity index (χ2n) is 11.3. The highest BCUT2D eigenvalue weighted by Gasteiger charge is 2.35. The van der Waals surface area contributed by atoms with Gasteiger partial charge in [0.1, 0.15) is 10.6 Å². The van der Waals surface area contributed by atoms with E-state index in [1.54, 1.807) is 36.4 Å². The Morgan fingerprint density at radius 2 is 1.65 bits per heavy atom. The molecule has 0 radical (unpaired) electrons. The van der Waals surface area contributed by atoms with Crippen LogP contribution < -0.4 is 20.1 Å². The summed E-state index contributed by atoms with van der Waals surface area (Å²) in [7, 11) is -3.78. The molecule has 0 atom stereocenters. The molecule has 1 aromatic heterocycles. The molecule has 0 saturated heterocycles. The summed E-state index contributed by atoms with van der Waals surface area (Å²) in [6, 6.07) is 13.4. The number of ether oxygens (including phenoxy) is 2. The molecule has 1 spiro atoms. The lowest BCUT2D eigenvalue weighted by Crippen LogP contribution is -2.49. The number of hydrogen-bond acceptors (Lipinski definition) is 6. The zero-order valence-corrected chi connectivity index (χ0v) is 23.6. The summed E-state index contributed by atoms with van der Waals surface area (Å²) in [6.45, 7) is 1.08. The predicted molar refractivity (Wildman–Crippen MR) is 151 cm³/mol. The summed E-state index contributed by atoms with van der Waals surface area (Å²) in [6.07, 6.45) is 12.5. The lowest BCUT2D eigenvalue weighted by molar-refractivity contribution is 0.0946. The van der Waals surface area contributed by atoms with Crippen molar-refractivity contribution in [3.63, 3.8) is 0 Å². The van der Waals surface area contributed by atoms with Gasteiger partial charge in [0.2, 0.25) is 16.6 Å². The fraction of sp³-hybridized carbons (Fsp3) is 0.452. The molecular weight excluding hydrogens is 526 g/mol. The van der Waals surface area contributed by atoms with Crippen LogP contribution in [0.3, 0.4) is 0 Å². The molecule has 1 saturated carbocycles. The van der Waals surface area contributed by atoms with Gasteiger partial charge in [-0.2, -0.15) is 0 Å². The van der Waals surface area contributed by atoms with E-state index in [1.165, 1.54) is 75.1 Å². The third-order valence-corrected chi connectivity index (χ3v) is 10.3. The zero-order valence-electron chi connectivity index (χ0n) is 22.8. The monoisotopic (exact) mass is 563 g/mol. The average molecular weight is 564 g/mol. The van der Waals surface area contributed by atoms with Crippen LogP contribution in [0.1, 0.15) is 85.1 Å². The maximum absolute atomic E-state index is 13.2. The Labute approximate surface area is 235 Å². The van der Waals surface area contributed by atoms with E-state index < -0.39 is 9.84 Å². The highest BCUT2D eigenvalue weighted by molar-refractivity contribution is 7.91. The molecular formula is C31H37N3O5S. The van der Waals surface area contributed by atoms with Gasteiger partial charge >= 0.3 is 0 Å². The summed E-state index contributed by atoms with van der Waals surface area (Å²) in [5.41, 5.74) is 3.86. The minimum atomic E-state index is -3.78. The number of fused-ring (bicyclic) bond motifs is 2. The van der Waals surface area contributed by atoms with Crippen molar-refractivity contribution in [2.24, 2.45) is 0 Å². The summed E-state index contributed by atoms with van der Waals surface area (Å²) in [4.78, 5) is 16.7. The summed E-state index contributed by atoms with van der Waals surface area (Å²) >= 11 is 0. The van der Waals surface area contributed by atoms with Gasteiger partial charge in [-0.15, -0.1) is 0 Å². The van der Waals surface area contributed by atoms with E-state index in [4.69, 9.17) is 9.47 Å². The SMILES string of the molecule is O=C(NCc1ccc(S(=O)(=O)c2cccc3c2OCO3)cc1)c1cc2c([nH]1)CC1(CCCCCCCCC1)NC2. The van der Waals surface area contributed by atoms with E-state index in [1.807, 2.05) is 6.07 Å². The summed E-state index contributed by atoms with van der Waals surface area (Å²) < 4.78 is 37.2. The van der Waals surface area contributed by atoms with Gasteiger partial charge in [-0.05, 0) is 54.3 Å². The second-order valence-corrected chi connectivity index (χ2v) is 13.2. The van der Waals surface area contributed by atoms with E-state index >= 15 is 0 Å². The molecule has 0 unspecified atom stereocenters. The molecule has 1 aliphatic carbocycles. The largest absolute Gasteiger partial charge is 0.454 e. The third kappa shape index (κ3) is 5.49. The molecule has 3 aliphatic rings. The number of hydrogen-bond donors (Lipinski definition) is 3. The molecule has 40 heavy (non-hydrogen) atoms. The standard InChI is InChI=1S/C31H37N3O5S/c35-30(25-17-23-20-33-31(18-26(23)34-25)15-6-4-2-1-3-5-7-16-31)32-19-22-11-13-24(14-12-22)40(36,37)28-10-8-9-27-29(28)39-21-38-27/h8-14,17,33-34H,1-7,15-16,18-21H2,(H,32,35). The minimum absolute atomic E-state index is 0.00167. The first kappa shape index (κ1) is 26.9. The quantitative estimate of drug-likeness (QED) is 0.383. The van der Waals surface area contributed by atoms with Crippen molar-refractivity contribution in [1.82, 2.24) is 15.6 Å². The first-order valence-corrected chi connectivity index (χ1v) is 15.9. The highest BCUT2D eigenvalue weighted by Crippen LogP contribution is 2.40. The minimum Gasteiger partial charge on any atom is -0.454 e. The van der Waals surface area contributed by atoms with Gasteiger partial charge < -0.3 is 25.1 Å². The predicted octanol–water partition coefficient (Wildman–Crippen LogP) is 5.42. The van der Waals surface area contributed by atoms with Crippen LogP contribution in [0.2, 0.25) is 0 Å². The van der Waals surface area contributed by atoms with Crippen LogP contribution in [0.4, 0.5) is 0 Å². The zero-order chi connectivity index (χ0) is 27.6. The second kappa shape index (κ2) is 11.3. The van der Waals surface area contributed by atoms with Crippen LogP contribution >= 0.6 is 0 Å². The van der Waals surface area contributed by atoms with Gasteiger partial charge in [0.25, 0.3) is 5.91 Å². The lowest BCUT2D eigenvalue weighted by atomic mass is 9.79. The van der Waals surface area contributed by atoms with Crippen molar-refractivity contribution < 1.29 is 22.7 Å². The first-order valence-electron chi connectivity index (χ1n) is 14.4. The topological polar surface area (TPSA) is 110 Å². The number of para-hydroxylation sites is 1. The first-order chi connectivity index (χ1) is 19.4. The molecule has 1 fully saturated rings. The van der Waals surface area contributed by atoms with Crippen molar-refractivity contribution in [3.8, 4) is 11.5 Å². The lowest BCUT2D eigenvalue weighted by Gasteiger charge is -2.39. The molecule has 212 valence electrons. The number of H-pyrrole nitrogens is 1. The smallest absolute Gasteiger partial charge is 0.267 e. The third-order valence-electron chi connectivity index (χ3n) is 8.55. The Kier molecular flexibility index (Phi) is 7.59. The van der Waals surface area contributed by atoms with Gasteiger partial charge in [-0.3, -0.25) is 4.79 Å². The van der Waals surface area contributed by atoms with Gasteiger partial charge in [0.15, 0.2) is 11.5 Å². The van der Waals surface area contributed by atoms with Crippen LogP contribution in [0.5, 0.6) is 11.5 Å². The van der Waals surface area contributed by atoms with E-state index in [-0.39, 0.29) is 33.8 Å². The summed E-state index contributed by atoms with van der Waals surface area (Å²) in [5.74, 6) is 0.505. The van der Waals surface area contributed by atoms with E-state index in [0.29, 0.717) is 18.0 Å². The Morgan fingerprint density at radius 1 is 0.925 bits per heavy atom. The molecule has 8 nitrogen and oxygen atoms in total. The molecule has 2 aliphatic heterocycles. The molecule has 3 heterocycles. The van der Waals surface area contributed by atoms with Gasteiger partial charge in [0, 0.05) is 30.7 Å². The Hall–Kier alpha value is -3.30. The molecule has 2 aromatic carbocycles. The molecule has 0 bridgehead atoms. The number of aromatic amines is 1. The summed E-state index contributed by atoms with van der Waals surface area (Å²) in [5, 5.41) is 6.82. The van der Waals surface area contributed by atoms with Gasteiger partial charge in [-0.25, -0.2) is 8.42 Å². The van der Waals surface area contributed by atoms with Gasteiger partial charge in [0.05, 0.1) is 4.90 Å². The number of carbonyl (C=O) groups is 1. The van der Waals surface area contributed by atoms with Crippen molar-refractivity contribution >= 4 is 15.7 Å². The highest BCUT2D eigenvalue weighted by atomic mass is 32.2. The maximum atomic E-state index is 13.2. The Balaban J connectivity index is 1.09. The normalized spacial score (nSPS) is 18.7. The van der Waals surface area contributed by atoms with E-state index in [2.05, 4.69) is 15.6 Å². The van der Waals surface area contributed by atoms with Crippen molar-refractivity contribution in [3.05, 3.63) is 71.0 Å². The Morgan fingerprint density at radius 3 is 2.40 bits per heavy atom. The average Bonchev–Trinajstić information content (AvgIpc) is 3.62. The number of rotatable bonds is 5. The number of benzene rings is 2. The van der Waals surface area contributed by atoms with Crippen LogP contribution in [-0.4, -0.2) is 31.6 Å². The van der Waals surface area contributed by atoms with Crippen LogP contribution in [0.15, 0.2) is 58.3 Å². The van der Waals surface area contributed by atoms with E-state index in [9.17, 15) is 13.2 Å². The number of sulfone groups is 1. The van der Waals surface area contributed by atoms with Crippen molar-refractivity contribution in [2.75, 3.05) is 6.79 Å². The van der Waals surface area contributed by atoms with Crippen LogP contribution in [-0.2, 0) is 29.3 Å².